The number of alkyl halides is 4. The number of imidazole rings is 1. The maximum atomic E-state index is 13.0. The van der Waals surface area contributed by atoms with Crippen molar-refractivity contribution in [3.05, 3.63) is 23.8 Å². The van der Waals surface area contributed by atoms with Crippen LogP contribution in [0.15, 0.2) is 18.2 Å². The van der Waals surface area contributed by atoms with Crippen molar-refractivity contribution in [3.63, 3.8) is 0 Å². The Balaban J connectivity index is 2.48. The predicted molar refractivity (Wildman–Crippen MR) is 59.8 cm³/mol. The number of anilines is 1. The summed E-state index contributed by atoms with van der Waals surface area (Å²) in [5.74, 6) is -4.33. The van der Waals surface area contributed by atoms with Gasteiger partial charge in [-0.2, -0.15) is 8.78 Å². The molecular formula is C11H11F4N3. The SMILES string of the molecule is Cc1ccc2c(c1)nc(N)n2CC(F)(F)C(F)F. The summed E-state index contributed by atoms with van der Waals surface area (Å²) < 4.78 is 51.3. The van der Waals surface area contributed by atoms with E-state index >= 15 is 0 Å². The molecule has 7 heteroatoms. The smallest absolute Gasteiger partial charge is 0.324 e. The van der Waals surface area contributed by atoms with Crippen molar-refractivity contribution in [3.8, 4) is 0 Å². The van der Waals surface area contributed by atoms with Crippen LogP contribution < -0.4 is 5.73 Å². The van der Waals surface area contributed by atoms with E-state index in [9.17, 15) is 17.6 Å². The zero-order valence-corrected chi connectivity index (χ0v) is 9.50. The number of aromatic nitrogens is 2. The fraction of sp³-hybridized carbons (Fsp3) is 0.364. The molecule has 0 unspecified atom stereocenters. The second-order valence-electron chi connectivity index (χ2n) is 4.11. The lowest BCUT2D eigenvalue weighted by Crippen LogP contribution is -2.32. The van der Waals surface area contributed by atoms with Crippen LogP contribution in [0, 0.1) is 6.92 Å². The van der Waals surface area contributed by atoms with E-state index in [1.807, 2.05) is 6.92 Å². The Kier molecular flexibility index (Phi) is 2.92. The lowest BCUT2D eigenvalue weighted by molar-refractivity contribution is -0.136. The summed E-state index contributed by atoms with van der Waals surface area (Å²) in [5.41, 5.74) is 7.10. The largest absolute Gasteiger partial charge is 0.369 e. The minimum Gasteiger partial charge on any atom is -0.369 e. The van der Waals surface area contributed by atoms with Crippen molar-refractivity contribution >= 4 is 17.0 Å². The van der Waals surface area contributed by atoms with Gasteiger partial charge in [-0.05, 0) is 24.6 Å². The quantitative estimate of drug-likeness (QED) is 0.863. The Morgan fingerprint density at radius 2 is 2.06 bits per heavy atom. The van der Waals surface area contributed by atoms with Crippen LogP contribution in [0.25, 0.3) is 11.0 Å². The molecule has 0 aliphatic rings. The molecule has 0 bridgehead atoms. The van der Waals surface area contributed by atoms with E-state index in [4.69, 9.17) is 5.73 Å². The van der Waals surface area contributed by atoms with Crippen LogP contribution in [0.1, 0.15) is 5.56 Å². The zero-order chi connectivity index (χ0) is 13.5. The van der Waals surface area contributed by atoms with Gasteiger partial charge in [0.05, 0.1) is 17.6 Å². The van der Waals surface area contributed by atoms with Crippen molar-refractivity contribution in [2.45, 2.75) is 25.8 Å². The second-order valence-corrected chi connectivity index (χ2v) is 4.11. The minimum atomic E-state index is -4.13. The van der Waals surface area contributed by atoms with E-state index in [2.05, 4.69) is 4.98 Å². The predicted octanol–water partition coefficient (Wildman–Crippen LogP) is 2.83. The molecule has 98 valence electrons. The van der Waals surface area contributed by atoms with Gasteiger partial charge < -0.3 is 10.3 Å². The van der Waals surface area contributed by atoms with Crippen molar-refractivity contribution in [2.24, 2.45) is 0 Å². The standard InChI is InChI=1S/C11H11F4N3/c1-6-2-3-8-7(4-6)17-10(16)18(8)5-11(14,15)9(12)13/h2-4,9H,5H2,1H3,(H2,16,17). The van der Waals surface area contributed by atoms with E-state index in [0.717, 1.165) is 10.1 Å². The van der Waals surface area contributed by atoms with Crippen LogP contribution in [-0.2, 0) is 6.54 Å². The van der Waals surface area contributed by atoms with Gasteiger partial charge in [0, 0.05) is 0 Å². The molecule has 0 aliphatic heterocycles. The lowest BCUT2D eigenvalue weighted by atomic mass is 10.2. The third-order valence-corrected chi connectivity index (χ3v) is 2.62. The van der Waals surface area contributed by atoms with E-state index in [1.165, 1.54) is 6.07 Å². The number of nitrogen functional groups attached to an aromatic ring is 1. The van der Waals surface area contributed by atoms with Gasteiger partial charge in [-0.1, -0.05) is 6.07 Å². The molecule has 3 nitrogen and oxygen atoms in total. The van der Waals surface area contributed by atoms with E-state index in [-0.39, 0.29) is 5.95 Å². The molecule has 0 spiro atoms. The Bertz CT molecular complexity index is 577. The van der Waals surface area contributed by atoms with Crippen molar-refractivity contribution in [1.29, 1.82) is 0 Å². The Morgan fingerprint density at radius 1 is 1.39 bits per heavy atom. The van der Waals surface area contributed by atoms with Gasteiger partial charge in [0.1, 0.15) is 0 Å². The summed E-state index contributed by atoms with van der Waals surface area (Å²) in [4.78, 5) is 3.88. The van der Waals surface area contributed by atoms with Crippen LogP contribution in [0.4, 0.5) is 23.5 Å². The van der Waals surface area contributed by atoms with Gasteiger partial charge in [0.2, 0.25) is 5.95 Å². The molecule has 1 aromatic heterocycles. The number of hydrogen-bond acceptors (Lipinski definition) is 2. The topological polar surface area (TPSA) is 43.8 Å². The van der Waals surface area contributed by atoms with Gasteiger partial charge in [-0.15, -0.1) is 0 Å². The summed E-state index contributed by atoms with van der Waals surface area (Å²) >= 11 is 0. The fourth-order valence-corrected chi connectivity index (χ4v) is 1.70. The number of aryl methyl sites for hydroxylation is 1. The maximum Gasteiger partial charge on any atom is 0.324 e. The lowest BCUT2D eigenvalue weighted by Gasteiger charge is -2.17. The first-order valence-electron chi connectivity index (χ1n) is 5.19. The van der Waals surface area contributed by atoms with Crippen molar-refractivity contribution in [1.82, 2.24) is 9.55 Å². The maximum absolute atomic E-state index is 13.0. The highest BCUT2D eigenvalue weighted by Gasteiger charge is 2.41. The van der Waals surface area contributed by atoms with E-state index in [1.54, 1.807) is 12.1 Å². The van der Waals surface area contributed by atoms with Gasteiger partial charge >= 0.3 is 12.3 Å². The highest BCUT2D eigenvalue weighted by atomic mass is 19.3. The number of benzene rings is 1. The Labute approximate surface area is 100 Å². The molecule has 0 atom stereocenters. The number of nitrogens with two attached hydrogens (primary N) is 1. The number of halogens is 4. The Morgan fingerprint density at radius 3 is 2.67 bits per heavy atom. The number of rotatable bonds is 3. The van der Waals surface area contributed by atoms with Crippen molar-refractivity contribution in [2.75, 3.05) is 5.73 Å². The first-order chi connectivity index (χ1) is 8.31. The molecule has 1 heterocycles. The normalized spacial score (nSPS) is 12.6. The molecule has 2 N–H and O–H groups in total. The Hall–Kier alpha value is -1.79. The molecule has 0 saturated heterocycles. The monoisotopic (exact) mass is 261 g/mol. The molecule has 1 aromatic carbocycles. The van der Waals surface area contributed by atoms with Gasteiger partial charge in [0.25, 0.3) is 0 Å². The van der Waals surface area contributed by atoms with E-state index < -0.39 is 18.9 Å². The summed E-state index contributed by atoms with van der Waals surface area (Å²) in [7, 11) is 0. The van der Waals surface area contributed by atoms with Crippen LogP contribution in [0.2, 0.25) is 0 Å². The van der Waals surface area contributed by atoms with Gasteiger partial charge in [-0.25, -0.2) is 13.8 Å². The molecule has 0 fully saturated rings. The third kappa shape index (κ3) is 2.12. The summed E-state index contributed by atoms with van der Waals surface area (Å²) in [6.07, 6.45) is -3.74. The highest BCUT2D eigenvalue weighted by molar-refractivity contribution is 5.79. The summed E-state index contributed by atoms with van der Waals surface area (Å²) in [6.45, 7) is 0.623. The fourth-order valence-electron chi connectivity index (χ4n) is 1.70. The molecular weight excluding hydrogens is 250 g/mol. The number of nitrogens with zero attached hydrogens (tertiary/aromatic N) is 2. The average Bonchev–Trinajstić information content (AvgIpc) is 2.54. The summed E-state index contributed by atoms with van der Waals surface area (Å²) in [5, 5.41) is 0. The van der Waals surface area contributed by atoms with Crippen LogP contribution in [0.3, 0.4) is 0 Å². The van der Waals surface area contributed by atoms with Gasteiger partial charge in [-0.3, -0.25) is 0 Å². The zero-order valence-electron chi connectivity index (χ0n) is 9.50. The first-order valence-corrected chi connectivity index (χ1v) is 5.19. The number of hydrogen-bond donors (Lipinski definition) is 1. The molecule has 2 aromatic rings. The van der Waals surface area contributed by atoms with Crippen molar-refractivity contribution < 1.29 is 17.6 Å². The van der Waals surface area contributed by atoms with Crippen LogP contribution in [-0.4, -0.2) is 21.9 Å². The minimum absolute atomic E-state index is 0.198. The second kappa shape index (κ2) is 4.15. The van der Waals surface area contributed by atoms with E-state index in [0.29, 0.717) is 11.0 Å². The molecule has 18 heavy (non-hydrogen) atoms. The van der Waals surface area contributed by atoms with Crippen LogP contribution in [0.5, 0.6) is 0 Å². The molecule has 0 aliphatic carbocycles. The highest BCUT2D eigenvalue weighted by Crippen LogP contribution is 2.28. The van der Waals surface area contributed by atoms with Gasteiger partial charge in [0.15, 0.2) is 0 Å². The average molecular weight is 261 g/mol. The summed E-state index contributed by atoms with van der Waals surface area (Å²) in [6, 6.07) is 4.87. The third-order valence-electron chi connectivity index (χ3n) is 2.62. The number of fused-ring (bicyclic) bond motifs is 1. The van der Waals surface area contributed by atoms with Crippen LogP contribution >= 0.6 is 0 Å². The molecule has 0 radical (unpaired) electrons. The molecule has 2 rings (SSSR count). The molecule has 0 saturated carbocycles. The molecule has 0 amide bonds. The first kappa shape index (κ1) is 12.7.